The summed E-state index contributed by atoms with van der Waals surface area (Å²) in [4.78, 5) is 10.3. The molecule has 0 spiro atoms. The number of unbranched alkanes of at least 4 members (excludes halogenated alkanes) is 3. The SMILES string of the molecule is N[C@@H](CCCCCCO)C(=O)O. The van der Waals surface area contributed by atoms with Crippen molar-refractivity contribution in [3.05, 3.63) is 0 Å². The molecule has 4 N–H and O–H groups in total. The third-order valence-electron chi connectivity index (χ3n) is 1.74. The number of nitrogens with two attached hydrogens (primary N) is 1. The minimum absolute atomic E-state index is 0.213. The monoisotopic (exact) mass is 175 g/mol. The molecule has 0 aromatic carbocycles. The van der Waals surface area contributed by atoms with Crippen molar-refractivity contribution >= 4 is 5.97 Å². The van der Waals surface area contributed by atoms with Crippen molar-refractivity contribution in [1.29, 1.82) is 0 Å². The van der Waals surface area contributed by atoms with Crippen LogP contribution in [0, 0.1) is 0 Å². The Hall–Kier alpha value is -0.610. The van der Waals surface area contributed by atoms with Gasteiger partial charge in [0, 0.05) is 6.61 Å². The van der Waals surface area contributed by atoms with E-state index in [4.69, 9.17) is 15.9 Å². The van der Waals surface area contributed by atoms with Crippen LogP contribution in [-0.2, 0) is 4.79 Å². The summed E-state index contributed by atoms with van der Waals surface area (Å²) in [6.07, 6.45) is 4.04. The third-order valence-corrected chi connectivity index (χ3v) is 1.74. The zero-order valence-corrected chi connectivity index (χ0v) is 7.20. The highest BCUT2D eigenvalue weighted by molar-refractivity contribution is 5.72. The summed E-state index contributed by atoms with van der Waals surface area (Å²) in [7, 11) is 0. The van der Waals surface area contributed by atoms with Crippen LogP contribution in [0.1, 0.15) is 32.1 Å². The van der Waals surface area contributed by atoms with Gasteiger partial charge in [0.05, 0.1) is 0 Å². The van der Waals surface area contributed by atoms with Gasteiger partial charge in [-0.15, -0.1) is 0 Å². The number of hydrogen-bond donors (Lipinski definition) is 3. The average Bonchev–Trinajstić information content (AvgIpc) is 2.03. The van der Waals surface area contributed by atoms with Gasteiger partial charge in [0.2, 0.25) is 0 Å². The first kappa shape index (κ1) is 11.4. The molecule has 0 aliphatic carbocycles. The molecule has 0 aromatic rings. The van der Waals surface area contributed by atoms with Gasteiger partial charge in [0.1, 0.15) is 6.04 Å². The second-order valence-corrected chi connectivity index (χ2v) is 2.87. The van der Waals surface area contributed by atoms with E-state index in [0.717, 1.165) is 25.7 Å². The third kappa shape index (κ3) is 6.12. The molecule has 4 nitrogen and oxygen atoms in total. The smallest absolute Gasteiger partial charge is 0.320 e. The molecule has 12 heavy (non-hydrogen) atoms. The highest BCUT2D eigenvalue weighted by Gasteiger charge is 2.09. The summed E-state index contributed by atoms with van der Waals surface area (Å²) in [5.41, 5.74) is 5.28. The summed E-state index contributed by atoms with van der Waals surface area (Å²) >= 11 is 0. The summed E-state index contributed by atoms with van der Waals surface area (Å²) in [5.74, 6) is -0.933. The molecule has 0 radical (unpaired) electrons. The molecule has 0 aliphatic heterocycles. The van der Waals surface area contributed by atoms with Crippen LogP contribution in [0.3, 0.4) is 0 Å². The fraction of sp³-hybridized carbons (Fsp3) is 0.875. The van der Waals surface area contributed by atoms with E-state index in [1.54, 1.807) is 0 Å². The lowest BCUT2D eigenvalue weighted by Crippen LogP contribution is -2.29. The van der Waals surface area contributed by atoms with Crippen molar-refractivity contribution in [2.75, 3.05) is 6.61 Å². The Balaban J connectivity index is 3.14. The molecule has 1 atom stereocenters. The highest BCUT2D eigenvalue weighted by atomic mass is 16.4. The van der Waals surface area contributed by atoms with Gasteiger partial charge in [-0.2, -0.15) is 0 Å². The molecule has 0 aliphatic rings. The van der Waals surface area contributed by atoms with Crippen molar-refractivity contribution in [3.8, 4) is 0 Å². The minimum atomic E-state index is -0.933. The van der Waals surface area contributed by atoms with Crippen LogP contribution in [0.2, 0.25) is 0 Å². The zero-order chi connectivity index (χ0) is 9.40. The van der Waals surface area contributed by atoms with Crippen LogP contribution in [0.5, 0.6) is 0 Å². The van der Waals surface area contributed by atoms with Gasteiger partial charge in [0.25, 0.3) is 0 Å². The number of carbonyl (C=O) groups is 1. The first-order valence-corrected chi connectivity index (χ1v) is 4.27. The molecule has 0 bridgehead atoms. The van der Waals surface area contributed by atoms with Gasteiger partial charge in [-0.1, -0.05) is 19.3 Å². The highest BCUT2D eigenvalue weighted by Crippen LogP contribution is 2.04. The zero-order valence-electron chi connectivity index (χ0n) is 7.20. The lowest BCUT2D eigenvalue weighted by molar-refractivity contribution is -0.138. The van der Waals surface area contributed by atoms with Crippen molar-refractivity contribution in [2.45, 2.75) is 38.1 Å². The largest absolute Gasteiger partial charge is 0.480 e. The molecular weight excluding hydrogens is 158 g/mol. The van der Waals surface area contributed by atoms with E-state index < -0.39 is 12.0 Å². The predicted molar refractivity (Wildman–Crippen MR) is 45.8 cm³/mol. The van der Waals surface area contributed by atoms with Crippen LogP contribution in [0.4, 0.5) is 0 Å². The van der Waals surface area contributed by atoms with Crippen molar-refractivity contribution in [1.82, 2.24) is 0 Å². The van der Waals surface area contributed by atoms with Crippen LogP contribution in [-0.4, -0.2) is 28.8 Å². The number of carboxylic acids is 1. The Morgan fingerprint density at radius 3 is 2.33 bits per heavy atom. The standard InChI is InChI=1S/C8H17NO3/c9-7(8(11)12)5-3-1-2-4-6-10/h7,10H,1-6,9H2,(H,11,12)/t7-/m0/s1. The molecular formula is C8H17NO3. The van der Waals surface area contributed by atoms with Gasteiger partial charge in [-0.3, -0.25) is 4.79 Å². The Kier molecular flexibility index (Phi) is 6.70. The fourth-order valence-electron chi connectivity index (χ4n) is 0.953. The lowest BCUT2D eigenvalue weighted by atomic mass is 10.1. The molecule has 0 saturated carbocycles. The minimum Gasteiger partial charge on any atom is -0.480 e. The van der Waals surface area contributed by atoms with Gasteiger partial charge >= 0.3 is 5.97 Å². The molecule has 0 aromatic heterocycles. The lowest BCUT2D eigenvalue weighted by Gasteiger charge is -2.04. The number of aliphatic carboxylic acids is 1. The topological polar surface area (TPSA) is 83.5 Å². The van der Waals surface area contributed by atoms with E-state index in [9.17, 15) is 4.79 Å². The summed E-state index contributed by atoms with van der Waals surface area (Å²) < 4.78 is 0. The number of hydrogen-bond acceptors (Lipinski definition) is 3. The first-order valence-electron chi connectivity index (χ1n) is 4.27. The van der Waals surface area contributed by atoms with Gasteiger partial charge in [-0.05, 0) is 12.8 Å². The second-order valence-electron chi connectivity index (χ2n) is 2.87. The summed E-state index contributed by atoms with van der Waals surface area (Å²) in [5, 5.41) is 16.9. The molecule has 0 saturated heterocycles. The first-order chi connectivity index (χ1) is 5.68. The molecule has 4 heteroatoms. The van der Waals surface area contributed by atoms with E-state index in [-0.39, 0.29) is 6.61 Å². The number of aliphatic hydroxyl groups is 1. The second kappa shape index (κ2) is 7.06. The van der Waals surface area contributed by atoms with Crippen molar-refractivity contribution < 1.29 is 15.0 Å². The van der Waals surface area contributed by atoms with E-state index in [1.807, 2.05) is 0 Å². The maximum atomic E-state index is 10.3. The number of carboxylic acid groups (broad SMARTS) is 1. The molecule has 0 fully saturated rings. The number of rotatable bonds is 7. The van der Waals surface area contributed by atoms with Crippen molar-refractivity contribution in [3.63, 3.8) is 0 Å². The molecule has 0 unspecified atom stereocenters. The van der Waals surface area contributed by atoms with E-state index in [2.05, 4.69) is 0 Å². The Morgan fingerprint density at radius 1 is 1.25 bits per heavy atom. The average molecular weight is 175 g/mol. The van der Waals surface area contributed by atoms with E-state index in [1.165, 1.54) is 0 Å². The van der Waals surface area contributed by atoms with Crippen molar-refractivity contribution in [2.24, 2.45) is 5.73 Å². The molecule has 72 valence electrons. The predicted octanol–water partition coefficient (Wildman–Crippen LogP) is 0.341. The Labute approximate surface area is 72.4 Å². The van der Waals surface area contributed by atoms with Gasteiger partial charge in [0.15, 0.2) is 0 Å². The maximum Gasteiger partial charge on any atom is 0.320 e. The number of aliphatic hydroxyl groups excluding tert-OH is 1. The Bertz CT molecular complexity index is 127. The van der Waals surface area contributed by atoms with Crippen LogP contribution in [0.15, 0.2) is 0 Å². The van der Waals surface area contributed by atoms with E-state index in [0.29, 0.717) is 6.42 Å². The van der Waals surface area contributed by atoms with E-state index >= 15 is 0 Å². The fourth-order valence-corrected chi connectivity index (χ4v) is 0.953. The molecule has 0 heterocycles. The Morgan fingerprint density at radius 2 is 1.83 bits per heavy atom. The van der Waals surface area contributed by atoms with Gasteiger partial charge < -0.3 is 15.9 Å². The molecule has 0 amide bonds. The van der Waals surface area contributed by atoms with Crippen LogP contribution < -0.4 is 5.73 Å². The normalized spacial score (nSPS) is 12.8. The maximum absolute atomic E-state index is 10.3. The quantitative estimate of drug-likeness (QED) is 0.487. The summed E-state index contributed by atoms with van der Waals surface area (Å²) in [6.45, 7) is 0.213. The van der Waals surface area contributed by atoms with Crippen LogP contribution in [0.25, 0.3) is 0 Å². The van der Waals surface area contributed by atoms with Gasteiger partial charge in [-0.25, -0.2) is 0 Å². The van der Waals surface area contributed by atoms with Crippen LogP contribution >= 0.6 is 0 Å². The summed E-state index contributed by atoms with van der Waals surface area (Å²) in [6, 6.07) is -0.723. The molecule has 0 rings (SSSR count).